The standard InChI is InChI=1S/C14H16ClF3N2O3S/c1-9(19-23-8-10-3-2-4-10)12-7-11(15)5-6-13(12)20-24(21,22)14(16,17)18/h5-7,10,20H,2-4,8H2,1H3. The van der Waals surface area contributed by atoms with E-state index in [1.165, 1.54) is 23.8 Å². The van der Waals surface area contributed by atoms with Gasteiger partial charge in [-0.15, -0.1) is 0 Å². The molecule has 0 unspecified atom stereocenters. The Balaban J connectivity index is 2.21. The number of oxime groups is 1. The van der Waals surface area contributed by atoms with Crippen molar-refractivity contribution in [1.29, 1.82) is 0 Å². The van der Waals surface area contributed by atoms with Crippen molar-refractivity contribution < 1.29 is 26.4 Å². The minimum absolute atomic E-state index is 0.115. The third-order valence-electron chi connectivity index (χ3n) is 3.66. The minimum Gasteiger partial charge on any atom is -0.395 e. The molecule has 134 valence electrons. The Hall–Kier alpha value is -1.48. The highest BCUT2D eigenvalue weighted by Gasteiger charge is 2.46. The second-order valence-corrected chi connectivity index (χ2v) is 7.62. The van der Waals surface area contributed by atoms with Crippen LogP contribution >= 0.6 is 11.6 Å². The summed E-state index contributed by atoms with van der Waals surface area (Å²) in [7, 11) is -5.54. The van der Waals surface area contributed by atoms with Crippen molar-refractivity contribution in [3.8, 4) is 0 Å². The van der Waals surface area contributed by atoms with E-state index in [1.54, 1.807) is 0 Å². The Bertz CT molecular complexity index is 731. The maximum absolute atomic E-state index is 12.5. The molecule has 0 aromatic heterocycles. The number of nitrogens with one attached hydrogen (secondary N) is 1. The van der Waals surface area contributed by atoms with Crippen LogP contribution in [0.4, 0.5) is 18.9 Å². The third kappa shape index (κ3) is 4.54. The first-order valence-electron chi connectivity index (χ1n) is 7.16. The second kappa shape index (κ2) is 7.18. The molecule has 0 bridgehead atoms. The molecular weight excluding hydrogens is 369 g/mol. The third-order valence-corrected chi connectivity index (χ3v) is 4.99. The first-order chi connectivity index (χ1) is 11.1. The average molecular weight is 385 g/mol. The molecule has 10 heteroatoms. The van der Waals surface area contributed by atoms with Gasteiger partial charge >= 0.3 is 15.5 Å². The number of alkyl halides is 3. The highest BCUT2D eigenvalue weighted by Crippen LogP contribution is 2.29. The predicted octanol–water partition coefficient (Wildman–Crippen LogP) is 4.14. The number of anilines is 1. The lowest BCUT2D eigenvalue weighted by atomic mass is 9.86. The van der Waals surface area contributed by atoms with Crippen molar-refractivity contribution >= 4 is 33.0 Å². The fourth-order valence-electron chi connectivity index (χ4n) is 2.06. The minimum atomic E-state index is -5.54. The quantitative estimate of drug-likeness (QED) is 0.592. The molecule has 24 heavy (non-hydrogen) atoms. The van der Waals surface area contributed by atoms with Gasteiger partial charge in [0.05, 0.1) is 11.4 Å². The Morgan fingerprint density at radius 3 is 2.62 bits per heavy atom. The molecule has 1 aliphatic rings. The Labute approximate surface area is 142 Å². The van der Waals surface area contributed by atoms with Gasteiger partial charge in [-0.1, -0.05) is 23.2 Å². The lowest BCUT2D eigenvalue weighted by Crippen LogP contribution is -2.30. The normalized spacial score (nSPS) is 16.6. The van der Waals surface area contributed by atoms with E-state index in [-0.39, 0.29) is 22.0 Å². The Kier molecular flexibility index (Phi) is 5.64. The van der Waals surface area contributed by atoms with E-state index in [4.69, 9.17) is 16.4 Å². The van der Waals surface area contributed by atoms with Crippen LogP contribution in [0.25, 0.3) is 0 Å². The molecule has 0 aliphatic heterocycles. The van der Waals surface area contributed by atoms with E-state index in [0.29, 0.717) is 12.5 Å². The highest BCUT2D eigenvalue weighted by molar-refractivity contribution is 7.93. The molecular formula is C14H16ClF3N2O3S. The van der Waals surface area contributed by atoms with Gasteiger partial charge in [-0.05, 0) is 43.9 Å². The van der Waals surface area contributed by atoms with Gasteiger partial charge in [0.1, 0.15) is 6.61 Å². The summed E-state index contributed by atoms with van der Waals surface area (Å²) in [5, 5.41) is 4.08. The lowest BCUT2D eigenvalue weighted by Gasteiger charge is -2.23. The van der Waals surface area contributed by atoms with Crippen molar-refractivity contribution in [1.82, 2.24) is 0 Å². The van der Waals surface area contributed by atoms with Crippen molar-refractivity contribution in [3.05, 3.63) is 28.8 Å². The predicted molar refractivity (Wildman–Crippen MR) is 85.6 cm³/mol. The van der Waals surface area contributed by atoms with E-state index in [9.17, 15) is 21.6 Å². The van der Waals surface area contributed by atoms with E-state index >= 15 is 0 Å². The number of rotatable bonds is 6. The van der Waals surface area contributed by atoms with Crippen LogP contribution in [0.5, 0.6) is 0 Å². The molecule has 0 spiro atoms. The van der Waals surface area contributed by atoms with Crippen LogP contribution in [0.2, 0.25) is 5.02 Å². The fraction of sp³-hybridized carbons (Fsp3) is 0.500. The molecule has 1 aromatic carbocycles. The monoisotopic (exact) mass is 384 g/mol. The number of hydrogen-bond acceptors (Lipinski definition) is 4. The molecule has 1 aliphatic carbocycles. The number of nitrogens with zero attached hydrogens (tertiary/aromatic N) is 1. The summed E-state index contributed by atoms with van der Waals surface area (Å²) in [4.78, 5) is 5.19. The van der Waals surface area contributed by atoms with Crippen LogP contribution < -0.4 is 4.72 Å². The molecule has 0 saturated heterocycles. The van der Waals surface area contributed by atoms with Crippen molar-refractivity contribution in [2.45, 2.75) is 31.7 Å². The van der Waals surface area contributed by atoms with E-state index in [0.717, 1.165) is 25.3 Å². The van der Waals surface area contributed by atoms with E-state index in [1.807, 2.05) is 0 Å². The molecule has 1 saturated carbocycles. The molecule has 2 rings (SSSR count). The smallest absolute Gasteiger partial charge is 0.395 e. The Morgan fingerprint density at radius 2 is 2.08 bits per heavy atom. The van der Waals surface area contributed by atoms with Gasteiger partial charge in [-0.3, -0.25) is 4.72 Å². The molecule has 5 nitrogen and oxygen atoms in total. The summed E-state index contributed by atoms with van der Waals surface area (Å²) in [6, 6.07) is 3.75. The average Bonchev–Trinajstić information content (AvgIpc) is 2.41. The van der Waals surface area contributed by atoms with Crippen LogP contribution in [0, 0.1) is 5.92 Å². The molecule has 0 atom stereocenters. The van der Waals surface area contributed by atoms with Gasteiger partial charge < -0.3 is 4.84 Å². The van der Waals surface area contributed by atoms with Gasteiger partial charge in [-0.25, -0.2) is 0 Å². The van der Waals surface area contributed by atoms with Crippen LogP contribution in [0.15, 0.2) is 23.4 Å². The first-order valence-corrected chi connectivity index (χ1v) is 9.02. The van der Waals surface area contributed by atoms with Gasteiger partial charge in [0.15, 0.2) is 0 Å². The molecule has 1 N–H and O–H groups in total. The Morgan fingerprint density at radius 1 is 1.42 bits per heavy atom. The molecule has 0 radical (unpaired) electrons. The SMILES string of the molecule is CC(=NOCC1CCC1)c1cc(Cl)ccc1NS(=O)(=O)C(F)(F)F. The highest BCUT2D eigenvalue weighted by atomic mass is 35.5. The zero-order valence-corrected chi connectivity index (χ0v) is 14.3. The van der Waals surface area contributed by atoms with Gasteiger partial charge in [0, 0.05) is 10.6 Å². The van der Waals surface area contributed by atoms with Crippen molar-refractivity contribution in [3.63, 3.8) is 0 Å². The molecule has 1 aromatic rings. The largest absolute Gasteiger partial charge is 0.516 e. The van der Waals surface area contributed by atoms with E-state index < -0.39 is 15.5 Å². The number of halogens is 4. The van der Waals surface area contributed by atoms with Crippen LogP contribution in [0.1, 0.15) is 31.7 Å². The fourth-order valence-corrected chi connectivity index (χ4v) is 2.81. The summed E-state index contributed by atoms with van der Waals surface area (Å²) in [5.41, 5.74) is -5.36. The molecule has 1 fully saturated rings. The lowest BCUT2D eigenvalue weighted by molar-refractivity contribution is -0.0429. The van der Waals surface area contributed by atoms with Crippen molar-refractivity contribution in [2.75, 3.05) is 11.3 Å². The maximum Gasteiger partial charge on any atom is 0.516 e. The molecule has 0 amide bonds. The van der Waals surface area contributed by atoms with Crippen molar-refractivity contribution in [2.24, 2.45) is 11.1 Å². The summed E-state index contributed by atoms with van der Waals surface area (Å²) in [6.07, 6.45) is 3.26. The number of benzene rings is 1. The topological polar surface area (TPSA) is 67.8 Å². The van der Waals surface area contributed by atoms with Gasteiger partial charge in [0.25, 0.3) is 0 Å². The van der Waals surface area contributed by atoms with Crippen LogP contribution in [0.3, 0.4) is 0 Å². The van der Waals surface area contributed by atoms with Crippen LogP contribution in [-0.2, 0) is 14.9 Å². The van der Waals surface area contributed by atoms with Crippen LogP contribution in [-0.4, -0.2) is 26.2 Å². The summed E-state index contributed by atoms with van der Waals surface area (Å²) < 4.78 is 61.7. The number of sulfonamides is 1. The summed E-state index contributed by atoms with van der Waals surface area (Å²) in [5.74, 6) is 0.434. The summed E-state index contributed by atoms with van der Waals surface area (Å²) >= 11 is 5.84. The molecule has 0 heterocycles. The zero-order valence-electron chi connectivity index (χ0n) is 12.7. The van der Waals surface area contributed by atoms with E-state index in [2.05, 4.69) is 5.16 Å². The summed E-state index contributed by atoms with van der Waals surface area (Å²) in [6.45, 7) is 1.92. The van der Waals surface area contributed by atoms with Gasteiger partial charge in [0.2, 0.25) is 0 Å². The van der Waals surface area contributed by atoms with Gasteiger partial charge in [-0.2, -0.15) is 21.6 Å². The second-order valence-electron chi connectivity index (χ2n) is 5.51. The number of hydrogen-bond donors (Lipinski definition) is 1. The maximum atomic E-state index is 12.5. The zero-order chi connectivity index (χ0) is 18.0. The first kappa shape index (κ1) is 18.9.